The van der Waals surface area contributed by atoms with E-state index in [1.807, 2.05) is 18.2 Å². The van der Waals surface area contributed by atoms with Crippen LogP contribution in [0.25, 0.3) is 0 Å². The first-order valence-corrected chi connectivity index (χ1v) is 10.6. The number of hydrogen-bond acceptors (Lipinski definition) is 2. The third-order valence-electron chi connectivity index (χ3n) is 7.12. The van der Waals surface area contributed by atoms with Crippen LogP contribution in [0.2, 0.25) is 0 Å². The Morgan fingerprint density at radius 1 is 1.00 bits per heavy atom. The van der Waals surface area contributed by atoms with Crippen molar-refractivity contribution in [1.29, 1.82) is 0 Å². The minimum Gasteiger partial charge on any atom is -0.356 e. The third kappa shape index (κ3) is 4.04. The fourth-order valence-electron chi connectivity index (χ4n) is 6.12. The van der Waals surface area contributed by atoms with Gasteiger partial charge in [0.15, 0.2) is 0 Å². The van der Waals surface area contributed by atoms with E-state index in [1.54, 1.807) is 0 Å². The zero-order chi connectivity index (χ0) is 18.9. The van der Waals surface area contributed by atoms with Crippen molar-refractivity contribution >= 4 is 11.8 Å². The molecule has 0 heterocycles. The van der Waals surface area contributed by atoms with Gasteiger partial charge in [-0.15, -0.1) is 0 Å². The lowest BCUT2D eigenvalue weighted by Crippen LogP contribution is -2.53. The minimum atomic E-state index is -0.0815. The normalized spacial score (nSPS) is 30.9. The van der Waals surface area contributed by atoms with Crippen molar-refractivity contribution in [3.63, 3.8) is 0 Å². The van der Waals surface area contributed by atoms with Crippen molar-refractivity contribution in [2.24, 2.45) is 23.2 Å². The standard InChI is InChI=1S/C23H32N2O2/c1-16-5-2-3-6-20(16)15-25-21(26)7-4-8-24-22(27)23-12-17-9-18(13-23)11-19(10-17)14-23/h2-3,5-6,17-19H,4,7-15H2,1H3,(H,24,27)(H,25,26). The predicted molar refractivity (Wildman–Crippen MR) is 106 cm³/mol. The van der Waals surface area contributed by atoms with Crippen LogP contribution in [-0.4, -0.2) is 18.4 Å². The average molecular weight is 369 g/mol. The predicted octanol–water partition coefficient (Wildman–Crippen LogP) is 3.72. The lowest BCUT2D eigenvalue weighted by molar-refractivity contribution is -0.146. The summed E-state index contributed by atoms with van der Waals surface area (Å²) in [7, 11) is 0. The van der Waals surface area contributed by atoms with Crippen LogP contribution >= 0.6 is 0 Å². The molecular weight excluding hydrogens is 336 g/mol. The summed E-state index contributed by atoms with van der Waals surface area (Å²) in [6, 6.07) is 8.10. The highest BCUT2D eigenvalue weighted by Gasteiger charge is 2.54. The molecule has 0 saturated heterocycles. The van der Waals surface area contributed by atoms with Gasteiger partial charge in [-0.1, -0.05) is 24.3 Å². The van der Waals surface area contributed by atoms with Crippen LogP contribution in [0.4, 0.5) is 0 Å². The molecule has 27 heavy (non-hydrogen) atoms. The van der Waals surface area contributed by atoms with Gasteiger partial charge < -0.3 is 10.6 Å². The number of aryl methyl sites for hydroxylation is 1. The van der Waals surface area contributed by atoms with E-state index in [0.29, 0.717) is 25.9 Å². The molecule has 2 N–H and O–H groups in total. The SMILES string of the molecule is Cc1ccccc1CNC(=O)CCCNC(=O)C12CC3CC(CC(C3)C1)C2. The monoisotopic (exact) mass is 368 g/mol. The first-order valence-electron chi connectivity index (χ1n) is 10.6. The summed E-state index contributed by atoms with van der Waals surface area (Å²) in [5.74, 6) is 2.68. The van der Waals surface area contributed by atoms with Crippen LogP contribution in [0.15, 0.2) is 24.3 Å². The van der Waals surface area contributed by atoms with Crippen LogP contribution in [-0.2, 0) is 16.1 Å². The molecule has 2 amide bonds. The Morgan fingerprint density at radius 3 is 2.26 bits per heavy atom. The second-order valence-corrected chi connectivity index (χ2v) is 9.26. The summed E-state index contributed by atoms with van der Waals surface area (Å²) >= 11 is 0. The van der Waals surface area contributed by atoms with E-state index in [-0.39, 0.29) is 17.2 Å². The minimum absolute atomic E-state index is 0.0577. The van der Waals surface area contributed by atoms with Crippen LogP contribution in [0.1, 0.15) is 62.5 Å². The number of carbonyl (C=O) groups excluding carboxylic acids is 2. The molecule has 4 heteroatoms. The highest BCUT2D eigenvalue weighted by molar-refractivity contribution is 5.83. The van der Waals surface area contributed by atoms with Gasteiger partial charge in [0.05, 0.1) is 0 Å². The molecule has 1 aromatic carbocycles. The maximum Gasteiger partial charge on any atom is 0.226 e. The Balaban J connectivity index is 1.17. The van der Waals surface area contributed by atoms with Crippen molar-refractivity contribution in [1.82, 2.24) is 10.6 Å². The van der Waals surface area contributed by atoms with E-state index >= 15 is 0 Å². The molecule has 4 aliphatic carbocycles. The molecular formula is C23H32N2O2. The van der Waals surface area contributed by atoms with Gasteiger partial charge in [0.25, 0.3) is 0 Å². The Morgan fingerprint density at radius 2 is 1.63 bits per heavy atom. The largest absolute Gasteiger partial charge is 0.356 e. The fourth-order valence-corrected chi connectivity index (χ4v) is 6.12. The number of amides is 2. The van der Waals surface area contributed by atoms with Gasteiger partial charge in [0, 0.05) is 24.9 Å². The zero-order valence-electron chi connectivity index (χ0n) is 16.4. The molecule has 146 valence electrons. The number of nitrogens with one attached hydrogen (secondary N) is 2. The zero-order valence-corrected chi connectivity index (χ0v) is 16.4. The average Bonchev–Trinajstić information content (AvgIpc) is 2.63. The molecule has 0 aromatic heterocycles. The van der Waals surface area contributed by atoms with Crippen molar-refractivity contribution in [2.45, 2.75) is 64.8 Å². The molecule has 4 nitrogen and oxygen atoms in total. The lowest BCUT2D eigenvalue weighted by atomic mass is 9.49. The maximum absolute atomic E-state index is 12.9. The quantitative estimate of drug-likeness (QED) is 0.721. The van der Waals surface area contributed by atoms with Crippen molar-refractivity contribution in [3.05, 3.63) is 35.4 Å². The van der Waals surface area contributed by atoms with Gasteiger partial charge in [0.1, 0.15) is 0 Å². The Labute approximate surface area is 162 Å². The third-order valence-corrected chi connectivity index (χ3v) is 7.12. The summed E-state index contributed by atoms with van der Waals surface area (Å²) in [5.41, 5.74) is 2.27. The van der Waals surface area contributed by atoms with E-state index in [9.17, 15) is 9.59 Å². The van der Waals surface area contributed by atoms with Gasteiger partial charge in [-0.25, -0.2) is 0 Å². The topological polar surface area (TPSA) is 58.2 Å². The van der Waals surface area contributed by atoms with E-state index in [0.717, 1.165) is 42.6 Å². The number of rotatable bonds is 7. The first-order chi connectivity index (χ1) is 13.0. The van der Waals surface area contributed by atoms with E-state index in [2.05, 4.69) is 23.6 Å². The van der Waals surface area contributed by atoms with E-state index in [1.165, 1.54) is 24.8 Å². The van der Waals surface area contributed by atoms with Crippen LogP contribution < -0.4 is 10.6 Å². The van der Waals surface area contributed by atoms with Gasteiger partial charge in [-0.3, -0.25) is 9.59 Å². The molecule has 1 aromatic rings. The molecule has 0 unspecified atom stereocenters. The van der Waals surface area contributed by atoms with Gasteiger partial charge >= 0.3 is 0 Å². The summed E-state index contributed by atoms with van der Waals surface area (Å²) in [6.45, 7) is 3.24. The van der Waals surface area contributed by atoms with Gasteiger partial charge in [0.2, 0.25) is 11.8 Å². The molecule has 4 fully saturated rings. The molecule has 0 spiro atoms. The van der Waals surface area contributed by atoms with Crippen LogP contribution in [0.5, 0.6) is 0 Å². The summed E-state index contributed by atoms with van der Waals surface area (Å²) in [5, 5.41) is 6.14. The summed E-state index contributed by atoms with van der Waals surface area (Å²) < 4.78 is 0. The Bertz CT molecular complexity index is 677. The summed E-state index contributed by atoms with van der Waals surface area (Å²) in [4.78, 5) is 24.9. The fraction of sp³-hybridized carbons (Fsp3) is 0.652. The van der Waals surface area contributed by atoms with Crippen LogP contribution in [0.3, 0.4) is 0 Å². The van der Waals surface area contributed by atoms with Crippen molar-refractivity contribution in [2.75, 3.05) is 6.54 Å². The second kappa shape index (κ2) is 7.65. The molecule has 4 bridgehead atoms. The number of benzene rings is 1. The molecule has 5 rings (SSSR count). The molecule has 0 radical (unpaired) electrons. The molecule has 0 atom stereocenters. The van der Waals surface area contributed by atoms with Crippen LogP contribution in [0, 0.1) is 30.1 Å². The smallest absolute Gasteiger partial charge is 0.226 e. The Hall–Kier alpha value is -1.84. The maximum atomic E-state index is 12.9. The lowest BCUT2D eigenvalue weighted by Gasteiger charge is -2.55. The summed E-state index contributed by atoms with van der Waals surface area (Å²) in [6.07, 6.45) is 8.53. The van der Waals surface area contributed by atoms with E-state index in [4.69, 9.17) is 0 Å². The number of hydrogen-bond donors (Lipinski definition) is 2. The molecule has 4 saturated carbocycles. The van der Waals surface area contributed by atoms with E-state index < -0.39 is 0 Å². The highest BCUT2D eigenvalue weighted by Crippen LogP contribution is 2.60. The first kappa shape index (κ1) is 18.5. The highest BCUT2D eigenvalue weighted by atomic mass is 16.2. The molecule has 4 aliphatic rings. The van der Waals surface area contributed by atoms with Crippen molar-refractivity contribution in [3.8, 4) is 0 Å². The van der Waals surface area contributed by atoms with Crippen molar-refractivity contribution < 1.29 is 9.59 Å². The molecule has 0 aliphatic heterocycles. The number of carbonyl (C=O) groups is 2. The van der Waals surface area contributed by atoms with Gasteiger partial charge in [-0.2, -0.15) is 0 Å². The Kier molecular flexibility index (Phi) is 5.25. The second-order valence-electron chi connectivity index (χ2n) is 9.26. The van der Waals surface area contributed by atoms with Gasteiger partial charge in [-0.05, 0) is 80.8 Å².